The van der Waals surface area contributed by atoms with Gasteiger partial charge in [-0.1, -0.05) is 25.1 Å². The first kappa shape index (κ1) is 18.9. The lowest BCUT2D eigenvalue weighted by molar-refractivity contribution is -0.118. The molecule has 0 aliphatic heterocycles. The monoisotopic (exact) mass is 344 g/mol. The predicted molar refractivity (Wildman–Crippen MR) is 98.4 cm³/mol. The zero-order valence-corrected chi connectivity index (χ0v) is 15.1. The highest BCUT2D eigenvalue weighted by Gasteiger charge is 2.18. The molecule has 2 aromatic rings. The molecule has 25 heavy (non-hydrogen) atoms. The SMILES string of the molecule is CCC(NC(C)C(=O)Nc1ccc(C)c(F)c1)c1ccc(OC)cc1. The molecule has 0 aliphatic rings. The zero-order valence-electron chi connectivity index (χ0n) is 15.1. The minimum atomic E-state index is -0.420. The summed E-state index contributed by atoms with van der Waals surface area (Å²) in [6.45, 7) is 5.54. The molecule has 2 aromatic carbocycles. The fourth-order valence-corrected chi connectivity index (χ4v) is 2.58. The highest BCUT2D eigenvalue weighted by Crippen LogP contribution is 2.21. The van der Waals surface area contributed by atoms with Crippen LogP contribution in [-0.2, 0) is 4.79 Å². The van der Waals surface area contributed by atoms with Crippen LogP contribution in [0.15, 0.2) is 42.5 Å². The summed E-state index contributed by atoms with van der Waals surface area (Å²) in [6.07, 6.45) is 0.836. The van der Waals surface area contributed by atoms with E-state index in [4.69, 9.17) is 4.74 Å². The van der Waals surface area contributed by atoms with Gasteiger partial charge in [-0.15, -0.1) is 0 Å². The lowest BCUT2D eigenvalue weighted by atomic mass is 10.0. The van der Waals surface area contributed by atoms with Crippen LogP contribution in [0.25, 0.3) is 0 Å². The van der Waals surface area contributed by atoms with Gasteiger partial charge in [-0.3, -0.25) is 10.1 Å². The van der Waals surface area contributed by atoms with Gasteiger partial charge in [-0.05, 0) is 55.7 Å². The van der Waals surface area contributed by atoms with Gasteiger partial charge in [0.25, 0.3) is 0 Å². The largest absolute Gasteiger partial charge is 0.497 e. The van der Waals surface area contributed by atoms with Crippen molar-refractivity contribution in [2.45, 2.75) is 39.3 Å². The third-order valence-electron chi connectivity index (χ3n) is 4.21. The molecule has 0 aromatic heterocycles. The van der Waals surface area contributed by atoms with Crippen molar-refractivity contribution in [1.29, 1.82) is 0 Å². The van der Waals surface area contributed by atoms with Gasteiger partial charge in [0.1, 0.15) is 11.6 Å². The van der Waals surface area contributed by atoms with E-state index >= 15 is 0 Å². The van der Waals surface area contributed by atoms with Gasteiger partial charge < -0.3 is 10.1 Å². The number of amides is 1. The Morgan fingerprint density at radius 3 is 2.44 bits per heavy atom. The van der Waals surface area contributed by atoms with Crippen molar-refractivity contribution < 1.29 is 13.9 Å². The third kappa shape index (κ3) is 5.03. The molecule has 134 valence electrons. The molecule has 2 unspecified atom stereocenters. The van der Waals surface area contributed by atoms with Gasteiger partial charge >= 0.3 is 0 Å². The van der Waals surface area contributed by atoms with E-state index in [1.165, 1.54) is 6.07 Å². The average Bonchev–Trinajstić information content (AvgIpc) is 2.62. The maximum atomic E-state index is 13.6. The number of methoxy groups -OCH3 is 1. The number of carbonyl (C=O) groups excluding carboxylic acids is 1. The Morgan fingerprint density at radius 1 is 1.20 bits per heavy atom. The van der Waals surface area contributed by atoms with Crippen LogP contribution in [-0.4, -0.2) is 19.1 Å². The van der Waals surface area contributed by atoms with Crippen molar-refractivity contribution in [2.75, 3.05) is 12.4 Å². The number of aryl methyl sites for hydroxylation is 1. The molecule has 0 saturated carbocycles. The number of hydrogen-bond donors (Lipinski definition) is 2. The van der Waals surface area contributed by atoms with Gasteiger partial charge in [-0.25, -0.2) is 4.39 Å². The van der Waals surface area contributed by atoms with Crippen LogP contribution in [0.2, 0.25) is 0 Å². The molecular weight excluding hydrogens is 319 g/mol. The fourth-order valence-electron chi connectivity index (χ4n) is 2.58. The van der Waals surface area contributed by atoms with Crippen molar-refractivity contribution in [3.05, 3.63) is 59.4 Å². The molecule has 2 rings (SSSR count). The molecule has 5 heteroatoms. The minimum Gasteiger partial charge on any atom is -0.497 e. The number of nitrogens with one attached hydrogen (secondary N) is 2. The topological polar surface area (TPSA) is 50.4 Å². The fraction of sp³-hybridized carbons (Fsp3) is 0.350. The van der Waals surface area contributed by atoms with E-state index in [9.17, 15) is 9.18 Å². The highest BCUT2D eigenvalue weighted by molar-refractivity contribution is 5.94. The quantitative estimate of drug-likeness (QED) is 0.791. The molecule has 0 saturated heterocycles. The lowest BCUT2D eigenvalue weighted by Crippen LogP contribution is -2.40. The van der Waals surface area contributed by atoms with E-state index in [-0.39, 0.29) is 17.8 Å². The molecule has 0 heterocycles. The van der Waals surface area contributed by atoms with Gasteiger partial charge in [-0.2, -0.15) is 0 Å². The smallest absolute Gasteiger partial charge is 0.241 e. The number of carbonyl (C=O) groups is 1. The van der Waals surface area contributed by atoms with E-state index in [1.807, 2.05) is 24.3 Å². The van der Waals surface area contributed by atoms with E-state index in [0.29, 0.717) is 11.3 Å². The van der Waals surface area contributed by atoms with Crippen molar-refractivity contribution in [1.82, 2.24) is 5.32 Å². The van der Waals surface area contributed by atoms with Crippen LogP contribution in [0, 0.1) is 12.7 Å². The number of rotatable bonds is 7. The summed E-state index contributed by atoms with van der Waals surface area (Å²) >= 11 is 0. The van der Waals surface area contributed by atoms with Crippen LogP contribution < -0.4 is 15.4 Å². The van der Waals surface area contributed by atoms with E-state index in [1.54, 1.807) is 33.1 Å². The Bertz CT molecular complexity index is 716. The number of halogens is 1. The predicted octanol–water partition coefficient (Wildman–Crippen LogP) is 4.21. The zero-order chi connectivity index (χ0) is 18.4. The molecule has 0 radical (unpaired) electrons. The van der Waals surface area contributed by atoms with Crippen LogP contribution in [0.1, 0.15) is 37.4 Å². The molecule has 4 nitrogen and oxygen atoms in total. The molecule has 0 fully saturated rings. The highest BCUT2D eigenvalue weighted by atomic mass is 19.1. The summed E-state index contributed by atoms with van der Waals surface area (Å²) < 4.78 is 18.8. The first-order valence-electron chi connectivity index (χ1n) is 8.41. The third-order valence-corrected chi connectivity index (χ3v) is 4.21. The maximum absolute atomic E-state index is 13.6. The van der Waals surface area contributed by atoms with Gasteiger partial charge in [0.15, 0.2) is 0 Å². The van der Waals surface area contributed by atoms with Crippen LogP contribution in [0.5, 0.6) is 5.75 Å². The standard InChI is InChI=1S/C20H25FN2O2/c1-5-19(15-7-10-17(25-4)11-8-15)22-14(3)20(24)23-16-9-6-13(2)18(21)12-16/h6-12,14,19,22H,5H2,1-4H3,(H,23,24). The molecule has 0 bridgehead atoms. The Kier molecular flexibility index (Phi) is 6.53. The van der Waals surface area contributed by atoms with Crippen LogP contribution in [0.4, 0.5) is 10.1 Å². The van der Waals surface area contributed by atoms with Gasteiger partial charge in [0.05, 0.1) is 13.2 Å². The number of benzene rings is 2. The Labute approximate surface area is 148 Å². The maximum Gasteiger partial charge on any atom is 0.241 e. The Balaban J connectivity index is 2.00. The summed E-state index contributed by atoms with van der Waals surface area (Å²) in [5.74, 6) is 0.268. The van der Waals surface area contributed by atoms with Crippen molar-refractivity contribution >= 4 is 11.6 Å². The summed E-state index contributed by atoms with van der Waals surface area (Å²) in [5, 5.41) is 6.07. The Morgan fingerprint density at radius 2 is 1.88 bits per heavy atom. The number of anilines is 1. The summed E-state index contributed by atoms with van der Waals surface area (Å²) in [4.78, 5) is 12.4. The number of hydrogen-bond acceptors (Lipinski definition) is 3. The van der Waals surface area contributed by atoms with Crippen LogP contribution in [0.3, 0.4) is 0 Å². The molecular formula is C20H25FN2O2. The normalized spacial score (nSPS) is 13.2. The molecule has 0 aliphatic carbocycles. The summed E-state index contributed by atoms with van der Waals surface area (Å²) in [6, 6.07) is 12.1. The molecule has 0 spiro atoms. The first-order valence-corrected chi connectivity index (χ1v) is 8.41. The second-order valence-electron chi connectivity index (χ2n) is 6.08. The molecule has 2 N–H and O–H groups in total. The van der Waals surface area contributed by atoms with Gasteiger partial charge in [0.2, 0.25) is 5.91 Å². The van der Waals surface area contributed by atoms with E-state index < -0.39 is 6.04 Å². The second kappa shape index (κ2) is 8.62. The van der Waals surface area contributed by atoms with Gasteiger partial charge in [0, 0.05) is 11.7 Å². The molecule has 2 atom stereocenters. The lowest BCUT2D eigenvalue weighted by Gasteiger charge is -2.22. The minimum absolute atomic E-state index is 0.0430. The number of ether oxygens (including phenoxy) is 1. The summed E-state index contributed by atoms with van der Waals surface area (Å²) in [5.41, 5.74) is 2.10. The van der Waals surface area contributed by atoms with Crippen molar-refractivity contribution in [2.24, 2.45) is 0 Å². The summed E-state index contributed by atoms with van der Waals surface area (Å²) in [7, 11) is 1.63. The Hall–Kier alpha value is -2.40. The molecule has 1 amide bonds. The van der Waals surface area contributed by atoms with Crippen LogP contribution >= 0.6 is 0 Å². The van der Waals surface area contributed by atoms with E-state index in [2.05, 4.69) is 17.6 Å². The van der Waals surface area contributed by atoms with E-state index in [0.717, 1.165) is 17.7 Å². The second-order valence-corrected chi connectivity index (χ2v) is 6.08. The average molecular weight is 344 g/mol. The van der Waals surface area contributed by atoms with Crippen molar-refractivity contribution in [3.8, 4) is 5.75 Å². The first-order chi connectivity index (χ1) is 11.9. The van der Waals surface area contributed by atoms with Crippen molar-refractivity contribution in [3.63, 3.8) is 0 Å².